The number of hydrogen-bond donors (Lipinski definition) is 0. The standard InChI is InChI=1S/C33H33N3O3/c1-4-10-25(11-5-1)16-34-19-28-31(37-22-34)29-20-35(17-26-12-6-2-7-13-26)24-39-33(29)30-21-36(23-38-32(28)30)18-27-14-8-3-9-15-27/h1-15H,16-24H2. The van der Waals surface area contributed by atoms with Gasteiger partial charge in [0.05, 0.1) is 16.7 Å². The molecule has 0 bridgehead atoms. The zero-order valence-electron chi connectivity index (χ0n) is 22.1. The van der Waals surface area contributed by atoms with Gasteiger partial charge in [0.1, 0.15) is 37.4 Å². The molecule has 0 spiro atoms. The summed E-state index contributed by atoms with van der Waals surface area (Å²) in [7, 11) is 0. The Morgan fingerprint density at radius 3 is 0.974 bits per heavy atom. The van der Waals surface area contributed by atoms with Crippen molar-refractivity contribution in [2.24, 2.45) is 0 Å². The average Bonchev–Trinajstić information content (AvgIpc) is 2.99. The van der Waals surface area contributed by atoms with Gasteiger partial charge in [0.15, 0.2) is 0 Å². The summed E-state index contributed by atoms with van der Waals surface area (Å²) in [5.41, 5.74) is 7.29. The zero-order chi connectivity index (χ0) is 26.0. The predicted molar refractivity (Wildman–Crippen MR) is 150 cm³/mol. The average molecular weight is 520 g/mol. The van der Waals surface area contributed by atoms with E-state index < -0.39 is 0 Å². The monoisotopic (exact) mass is 519 g/mol. The van der Waals surface area contributed by atoms with Crippen molar-refractivity contribution < 1.29 is 14.2 Å². The molecule has 39 heavy (non-hydrogen) atoms. The molecule has 0 saturated heterocycles. The molecule has 3 aliphatic rings. The van der Waals surface area contributed by atoms with E-state index in [2.05, 4.69) is 106 Å². The van der Waals surface area contributed by atoms with Gasteiger partial charge in [-0.2, -0.15) is 0 Å². The molecule has 0 unspecified atom stereocenters. The Morgan fingerprint density at radius 2 is 0.692 bits per heavy atom. The highest BCUT2D eigenvalue weighted by molar-refractivity contribution is 5.64. The molecule has 0 amide bonds. The first-order valence-corrected chi connectivity index (χ1v) is 13.7. The van der Waals surface area contributed by atoms with Gasteiger partial charge >= 0.3 is 0 Å². The van der Waals surface area contributed by atoms with Crippen molar-refractivity contribution in [3.63, 3.8) is 0 Å². The molecule has 0 aromatic heterocycles. The van der Waals surface area contributed by atoms with Gasteiger partial charge in [-0.15, -0.1) is 0 Å². The third-order valence-electron chi connectivity index (χ3n) is 7.71. The predicted octanol–water partition coefficient (Wildman–Crippen LogP) is 5.74. The van der Waals surface area contributed by atoms with Gasteiger partial charge in [0.2, 0.25) is 0 Å². The molecular weight excluding hydrogens is 486 g/mol. The Morgan fingerprint density at radius 1 is 0.410 bits per heavy atom. The summed E-state index contributed by atoms with van der Waals surface area (Å²) < 4.78 is 19.6. The number of ether oxygens (including phenoxy) is 3. The molecule has 198 valence electrons. The highest BCUT2D eigenvalue weighted by atomic mass is 16.5. The second-order valence-electron chi connectivity index (χ2n) is 10.7. The van der Waals surface area contributed by atoms with Gasteiger partial charge < -0.3 is 14.2 Å². The first kappa shape index (κ1) is 24.2. The second-order valence-corrected chi connectivity index (χ2v) is 10.7. The van der Waals surface area contributed by atoms with Crippen LogP contribution in [0.4, 0.5) is 0 Å². The van der Waals surface area contributed by atoms with E-state index in [-0.39, 0.29) is 0 Å². The van der Waals surface area contributed by atoms with Crippen molar-refractivity contribution in [1.82, 2.24) is 14.7 Å². The Bertz CT molecular complexity index is 1230. The summed E-state index contributed by atoms with van der Waals surface area (Å²) in [5.74, 6) is 2.84. The van der Waals surface area contributed by atoms with Crippen LogP contribution in [0.2, 0.25) is 0 Å². The normalized spacial score (nSPS) is 17.2. The quantitative estimate of drug-likeness (QED) is 0.323. The molecule has 6 nitrogen and oxygen atoms in total. The Hall–Kier alpha value is -3.84. The van der Waals surface area contributed by atoms with E-state index in [1.165, 1.54) is 16.7 Å². The first-order valence-electron chi connectivity index (χ1n) is 13.7. The van der Waals surface area contributed by atoms with Gasteiger partial charge in [-0.1, -0.05) is 91.0 Å². The molecule has 0 N–H and O–H groups in total. The van der Waals surface area contributed by atoms with Crippen molar-refractivity contribution in [2.45, 2.75) is 39.3 Å². The molecule has 7 rings (SSSR count). The summed E-state index contributed by atoms with van der Waals surface area (Å²) in [6, 6.07) is 31.8. The van der Waals surface area contributed by atoms with Gasteiger partial charge in [-0.25, -0.2) is 0 Å². The van der Waals surface area contributed by atoms with Crippen molar-refractivity contribution in [1.29, 1.82) is 0 Å². The fourth-order valence-electron chi connectivity index (χ4n) is 5.91. The van der Waals surface area contributed by atoms with Crippen LogP contribution in [-0.4, -0.2) is 34.9 Å². The first-order chi connectivity index (χ1) is 19.3. The van der Waals surface area contributed by atoms with Crippen LogP contribution in [0.15, 0.2) is 91.0 Å². The zero-order valence-corrected chi connectivity index (χ0v) is 22.1. The lowest BCUT2D eigenvalue weighted by molar-refractivity contribution is 0.0488. The molecule has 0 saturated carbocycles. The van der Waals surface area contributed by atoms with Crippen LogP contribution in [0.1, 0.15) is 33.4 Å². The fraction of sp³-hybridized carbons (Fsp3) is 0.273. The molecule has 4 aromatic rings. The smallest absolute Gasteiger partial charge is 0.142 e. The summed E-state index contributed by atoms with van der Waals surface area (Å²) >= 11 is 0. The molecule has 4 aromatic carbocycles. The molecule has 0 radical (unpaired) electrons. The molecule has 6 heteroatoms. The third-order valence-corrected chi connectivity index (χ3v) is 7.71. The molecule has 0 fully saturated rings. The van der Waals surface area contributed by atoms with Gasteiger partial charge in [0, 0.05) is 39.3 Å². The van der Waals surface area contributed by atoms with Crippen LogP contribution >= 0.6 is 0 Å². The third kappa shape index (κ3) is 5.11. The topological polar surface area (TPSA) is 37.4 Å². The van der Waals surface area contributed by atoms with E-state index in [9.17, 15) is 0 Å². The summed E-state index contributed by atoms with van der Waals surface area (Å²) in [6.45, 7) is 6.52. The van der Waals surface area contributed by atoms with E-state index in [0.717, 1.165) is 73.2 Å². The van der Waals surface area contributed by atoms with Gasteiger partial charge in [0.25, 0.3) is 0 Å². The van der Waals surface area contributed by atoms with Gasteiger partial charge in [-0.05, 0) is 16.7 Å². The fourth-order valence-corrected chi connectivity index (χ4v) is 5.91. The maximum absolute atomic E-state index is 6.52. The highest BCUT2D eigenvalue weighted by Gasteiger charge is 2.36. The Kier molecular flexibility index (Phi) is 6.66. The Balaban J connectivity index is 1.21. The van der Waals surface area contributed by atoms with Crippen LogP contribution in [0.25, 0.3) is 0 Å². The maximum atomic E-state index is 6.52. The molecule has 0 atom stereocenters. The maximum Gasteiger partial charge on any atom is 0.142 e. The number of benzene rings is 4. The van der Waals surface area contributed by atoms with E-state index in [4.69, 9.17) is 14.2 Å². The molecule has 3 heterocycles. The van der Waals surface area contributed by atoms with E-state index in [1.54, 1.807) is 0 Å². The van der Waals surface area contributed by atoms with Gasteiger partial charge in [-0.3, -0.25) is 14.7 Å². The van der Waals surface area contributed by atoms with E-state index in [1.807, 2.05) is 0 Å². The van der Waals surface area contributed by atoms with Crippen molar-refractivity contribution in [2.75, 3.05) is 20.2 Å². The lowest BCUT2D eigenvalue weighted by Crippen LogP contribution is -2.39. The minimum atomic E-state index is 0.548. The van der Waals surface area contributed by atoms with E-state index in [0.29, 0.717) is 20.2 Å². The number of fused-ring (bicyclic) bond motifs is 6. The van der Waals surface area contributed by atoms with Crippen molar-refractivity contribution in [3.05, 3.63) is 124 Å². The minimum Gasteiger partial charge on any atom is -0.477 e. The largest absolute Gasteiger partial charge is 0.477 e. The number of rotatable bonds is 6. The molecule has 0 aliphatic carbocycles. The summed E-state index contributed by atoms with van der Waals surface area (Å²) in [4.78, 5) is 7.03. The van der Waals surface area contributed by atoms with Crippen LogP contribution < -0.4 is 14.2 Å². The lowest BCUT2D eigenvalue weighted by atomic mass is 9.96. The van der Waals surface area contributed by atoms with Crippen LogP contribution in [0, 0.1) is 0 Å². The lowest BCUT2D eigenvalue weighted by Gasteiger charge is -2.40. The summed E-state index contributed by atoms with van der Waals surface area (Å²) in [5, 5.41) is 0. The minimum absolute atomic E-state index is 0.548. The number of nitrogens with zero attached hydrogens (tertiary/aromatic N) is 3. The molecule has 3 aliphatic heterocycles. The Labute approximate surface area is 229 Å². The molecular formula is C33H33N3O3. The second kappa shape index (κ2) is 10.7. The summed E-state index contributed by atoms with van der Waals surface area (Å²) in [6.07, 6.45) is 0. The van der Waals surface area contributed by atoms with Crippen molar-refractivity contribution in [3.8, 4) is 17.2 Å². The van der Waals surface area contributed by atoms with Crippen LogP contribution in [-0.2, 0) is 39.3 Å². The van der Waals surface area contributed by atoms with E-state index >= 15 is 0 Å². The van der Waals surface area contributed by atoms with Crippen molar-refractivity contribution >= 4 is 0 Å². The highest BCUT2D eigenvalue weighted by Crippen LogP contribution is 2.49. The van der Waals surface area contributed by atoms with Crippen LogP contribution in [0.5, 0.6) is 17.2 Å². The SMILES string of the molecule is c1ccc(CN2COc3c(c4c(c5c3CN(Cc3ccccc3)CO5)CN(Cc3ccccc3)CO4)C2)cc1. The number of hydrogen-bond acceptors (Lipinski definition) is 6. The van der Waals surface area contributed by atoms with Crippen LogP contribution in [0.3, 0.4) is 0 Å².